The smallest absolute Gasteiger partial charge is 0.225 e. The molecule has 0 spiro atoms. The molecule has 1 heterocycles. The topological polar surface area (TPSA) is 58.6 Å². The van der Waals surface area contributed by atoms with Crippen LogP contribution in [0, 0.1) is 0 Å². The first kappa shape index (κ1) is 14.2. The van der Waals surface area contributed by atoms with E-state index in [0.717, 1.165) is 4.88 Å². The lowest BCUT2D eigenvalue weighted by molar-refractivity contribution is -0.121. The van der Waals surface area contributed by atoms with Crippen LogP contribution >= 0.6 is 11.3 Å². The summed E-state index contributed by atoms with van der Waals surface area (Å²) in [6, 6.07) is 3.84. The molecule has 0 aromatic carbocycles. The summed E-state index contributed by atoms with van der Waals surface area (Å²) in [7, 11) is 1.59. The highest BCUT2D eigenvalue weighted by molar-refractivity contribution is 7.10. The lowest BCUT2D eigenvalue weighted by Gasteiger charge is -2.23. The third-order valence-corrected chi connectivity index (χ3v) is 3.30. The van der Waals surface area contributed by atoms with Crippen LogP contribution in [0.5, 0.6) is 0 Å². The van der Waals surface area contributed by atoms with Crippen LogP contribution in [-0.2, 0) is 16.0 Å². The highest BCUT2D eigenvalue weighted by atomic mass is 32.1. The molecule has 1 atom stereocenters. The number of ether oxygens (including phenoxy) is 1. The molecule has 0 bridgehead atoms. The van der Waals surface area contributed by atoms with Crippen molar-refractivity contribution in [3.05, 3.63) is 22.4 Å². The molecule has 1 aromatic rings. The van der Waals surface area contributed by atoms with Crippen LogP contribution < -0.4 is 5.32 Å². The van der Waals surface area contributed by atoms with Crippen molar-refractivity contribution >= 4 is 17.2 Å². The largest absolute Gasteiger partial charge is 0.388 e. The van der Waals surface area contributed by atoms with E-state index in [2.05, 4.69) is 5.32 Å². The summed E-state index contributed by atoms with van der Waals surface area (Å²) in [5.41, 5.74) is -0.916. The van der Waals surface area contributed by atoms with Crippen molar-refractivity contribution < 1.29 is 14.6 Å². The van der Waals surface area contributed by atoms with Crippen molar-refractivity contribution in [1.29, 1.82) is 0 Å². The van der Waals surface area contributed by atoms with Gasteiger partial charge in [0.25, 0.3) is 0 Å². The van der Waals surface area contributed by atoms with Gasteiger partial charge in [0.2, 0.25) is 5.91 Å². The number of carbonyl (C=O) groups excluding carboxylic acids is 1. The minimum atomic E-state index is -0.916. The van der Waals surface area contributed by atoms with Gasteiger partial charge in [0.15, 0.2) is 0 Å². The second-order valence-corrected chi connectivity index (χ2v) is 5.30. The van der Waals surface area contributed by atoms with Crippen molar-refractivity contribution in [2.24, 2.45) is 0 Å². The van der Waals surface area contributed by atoms with Gasteiger partial charge >= 0.3 is 0 Å². The Morgan fingerprint density at radius 1 is 1.65 bits per heavy atom. The summed E-state index contributed by atoms with van der Waals surface area (Å²) < 4.78 is 4.90. The predicted octanol–water partition coefficient (Wildman–Crippen LogP) is 1.19. The summed E-state index contributed by atoms with van der Waals surface area (Å²) in [5.74, 6) is -0.0647. The number of aliphatic hydroxyl groups is 1. The van der Waals surface area contributed by atoms with E-state index in [4.69, 9.17) is 4.74 Å². The van der Waals surface area contributed by atoms with Crippen LogP contribution in [0.4, 0.5) is 0 Å². The van der Waals surface area contributed by atoms with Gasteiger partial charge in [0.1, 0.15) is 0 Å². The van der Waals surface area contributed by atoms with E-state index in [1.165, 1.54) is 0 Å². The first-order valence-electron chi connectivity index (χ1n) is 5.54. The zero-order valence-corrected chi connectivity index (χ0v) is 11.0. The monoisotopic (exact) mass is 257 g/mol. The van der Waals surface area contributed by atoms with E-state index in [1.54, 1.807) is 25.4 Å². The number of hydrogen-bond acceptors (Lipinski definition) is 4. The van der Waals surface area contributed by atoms with Crippen molar-refractivity contribution in [3.8, 4) is 0 Å². The summed E-state index contributed by atoms with van der Waals surface area (Å²) >= 11 is 1.56. The predicted molar refractivity (Wildman–Crippen MR) is 68.1 cm³/mol. The van der Waals surface area contributed by atoms with Crippen molar-refractivity contribution in [3.63, 3.8) is 0 Å². The minimum Gasteiger partial charge on any atom is -0.388 e. The summed E-state index contributed by atoms with van der Waals surface area (Å²) in [6.45, 7) is 2.42. The van der Waals surface area contributed by atoms with E-state index in [9.17, 15) is 9.90 Å². The Labute approximate surface area is 106 Å². The molecule has 0 aliphatic heterocycles. The van der Waals surface area contributed by atoms with E-state index >= 15 is 0 Å². The third-order valence-electron chi connectivity index (χ3n) is 2.43. The molecule has 17 heavy (non-hydrogen) atoms. The van der Waals surface area contributed by atoms with E-state index in [-0.39, 0.29) is 12.5 Å². The first-order chi connectivity index (χ1) is 8.03. The Bertz CT molecular complexity index is 336. The highest BCUT2D eigenvalue weighted by Crippen LogP contribution is 2.10. The van der Waals surface area contributed by atoms with E-state index in [0.29, 0.717) is 19.4 Å². The molecule has 96 valence electrons. The number of rotatable bonds is 7. The van der Waals surface area contributed by atoms with Gasteiger partial charge in [-0.2, -0.15) is 0 Å². The minimum absolute atomic E-state index is 0.0647. The molecule has 0 radical (unpaired) electrons. The summed E-state index contributed by atoms with van der Waals surface area (Å²) in [4.78, 5) is 12.6. The normalized spacial score (nSPS) is 14.3. The fraction of sp³-hybridized carbons (Fsp3) is 0.583. The average Bonchev–Trinajstić information content (AvgIpc) is 2.77. The Hall–Kier alpha value is -0.910. The molecular weight excluding hydrogens is 238 g/mol. The number of hydrogen-bond donors (Lipinski definition) is 2. The molecule has 1 amide bonds. The second-order valence-electron chi connectivity index (χ2n) is 4.27. The van der Waals surface area contributed by atoms with Gasteiger partial charge in [0.05, 0.1) is 12.0 Å². The van der Waals surface area contributed by atoms with Crippen molar-refractivity contribution in [1.82, 2.24) is 5.32 Å². The van der Waals surface area contributed by atoms with Crippen molar-refractivity contribution in [2.45, 2.75) is 25.4 Å². The van der Waals surface area contributed by atoms with Gasteiger partial charge in [-0.25, -0.2) is 0 Å². The molecule has 0 saturated carbocycles. The lowest BCUT2D eigenvalue weighted by atomic mass is 10.0. The molecule has 4 nitrogen and oxygen atoms in total. The number of methoxy groups -OCH3 is 1. The second kappa shape index (κ2) is 6.74. The van der Waals surface area contributed by atoms with Crippen molar-refractivity contribution in [2.75, 3.05) is 20.3 Å². The maximum absolute atomic E-state index is 11.6. The fourth-order valence-corrected chi connectivity index (χ4v) is 2.04. The molecule has 0 aliphatic carbocycles. The standard InChI is InChI=1S/C12H19NO3S/c1-12(15,5-6-16-2)9-13-11(14)8-10-4-3-7-17-10/h3-4,7,15H,5-6,8-9H2,1-2H3,(H,13,14). The molecule has 1 aromatic heterocycles. The van der Waals surface area contributed by atoms with Crippen LogP contribution in [0.2, 0.25) is 0 Å². The SMILES string of the molecule is COCCC(C)(O)CNC(=O)Cc1cccs1. The van der Waals surface area contributed by atoms with Crippen LogP contribution in [0.15, 0.2) is 17.5 Å². The lowest BCUT2D eigenvalue weighted by Crippen LogP contribution is -2.41. The van der Waals surface area contributed by atoms with Crippen LogP contribution in [0.1, 0.15) is 18.2 Å². The van der Waals surface area contributed by atoms with Crippen LogP contribution in [0.3, 0.4) is 0 Å². The molecule has 5 heteroatoms. The zero-order valence-electron chi connectivity index (χ0n) is 10.2. The Kier molecular flexibility index (Phi) is 5.61. The molecule has 0 saturated heterocycles. The molecule has 0 aliphatic rings. The van der Waals surface area contributed by atoms with Gasteiger partial charge in [-0.1, -0.05) is 6.07 Å². The molecule has 0 fully saturated rings. The van der Waals surface area contributed by atoms with Gasteiger partial charge in [0, 0.05) is 31.6 Å². The van der Waals surface area contributed by atoms with Gasteiger partial charge in [-0.3, -0.25) is 4.79 Å². The van der Waals surface area contributed by atoms with Gasteiger partial charge in [-0.05, 0) is 18.4 Å². The van der Waals surface area contributed by atoms with Gasteiger partial charge in [-0.15, -0.1) is 11.3 Å². The first-order valence-corrected chi connectivity index (χ1v) is 6.42. The highest BCUT2D eigenvalue weighted by Gasteiger charge is 2.20. The Morgan fingerprint density at radius 2 is 2.41 bits per heavy atom. The zero-order chi connectivity index (χ0) is 12.7. The average molecular weight is 257 g/mol. The number of nitrogens with one attached hydrogen (secondary N) is 1. The quantitative estimate of drug-likeness (QED) is 0.771. The number of thiophene rings is 1. The Morgan fingerprint density at radius 3 is 3.00 bits per heavy atom. The fourth-order valence-electron chi connectivity index (χ4n) is 1.33. The van der Waals surface area contributed by atoms with Gasteiger partial charge < -0.3 is 15.2 Å². The van der Waals surface area contributed by atoms with E-state index in [1.807, 2.05) is 17.5 Å². The molecule has 2 N–H and O–H groups in total. The van der Waals surface area contributed by atoms with E-state index < -0.39 is 5.60 Å². The van der Waals surface area contributed by atoms with Crippen LogP contribution in [-0.4, -0.2) is 36.9 Å². The van der Waals surface area contributed by atoms with Crippen LogP contribution in [0.25, 0.3) is 0 Å². The summed E-state index contributed by atoms with van der Waals surface area (Å²) in [6.07, 6.45) is 0.876. The maximum atomic E-state index is 11.6. The molecular formula is C12H19NO3S. The number of carbonyl (C=O) groups is 1. The summed E-state index contributed by atoms with van der Waals surface area (Å²) in [5, 5.41) is 14.6. The number of amides is 1. The third kappa shape index (κ3) is 5.81. The molecule has 1 unspecified atom stereocenters. The maximum Gasteiger partial charge on any atom is 0.225 e. The Balaban J connectivity index is 2.27. The molecule has 1 rings (SSSR count).